The highest BCUT2D eigenvalue weighted by molar-refractivity contribution is 7.89. The summed E-state index contributed by atoms with van der Waals surface area (Å²) in [6.07, 6.45) is 5.62. The smallest absolute Gasteiger partial charge is 0.244 e. The summed E-state index contributed by atoms with van der Waals surface area (Å²) in [7, 11) is -1.44. The molecule has 1 aliphatic carbocycles. The molecule has 1 aliphatic heterocycles. The highest BCUT2D eigenvalue weighted by Crippen LogP contribution is 2.40. The molecule has 1 aromatic heterocycles. The molecule has 2 unspecified atom stereocenters. The van der Waals surface area contributed by atoms with Gasteiger partial charge in [0.15, 0.2) is 0 Å². The molecule has 118 valence electrons. The van der Waals surface area contributed by atoms with Crippen molar-refractivity contribution in [3.05, 3.63) is 15.8 Å². The van der Waals surface area contributed by atoms with Gasteiger partial charge in [-0.2, -0.15) is 4.31 Å². The molecular formula is C15H24N2O2S2. The summed E-state index contributed by atoms with van der Waals surface area (Å²) < 4.78 is 28.0. The minimum Gasteiger partial charge on any atom is -0.315 e. The van der Waals surface area contributed by atoms with Crippen LogP contribution in [0.5, 0.6) is 0 Å². The van der Waals surface area contributed by atoms with Gasteiger partial charge in [0.05, 0.1) is 4.90 Å². The van der Waals surface area contributed by atoms with Crippen LogP contribution in [0.1, 0.15) is 41.9 Å². The molecule has 1 saturated carbocycles. The lowest BCUT2D eigenvalue weighted by Crippen LogP contribution is -2.46. The third kappa shape index (κ3) is 2.79. The predicted molar refractivity (Wildman–Crippen MR) is 86.1 cm³/mol. The molecule has 0 amide bonds. The topological polar surface area (TPSA) is 49.4 Å². The van der Waals surface area contributed by atoms with Crippen LogP contribution in [-0.4, -0.2) is 32.4 Å². The van der Waals surface area contributed by atoms with E-state index in [1.807, 2.05) is 24.3 Å². The van der Waals surface area contributed by atoms with Crippen LogP contribution in [0.2, 0.25) is 0 Å². The minimum absolute atomic E-state index is 0.246. The Labute approximate surface area is 131 Å². The van der Waals surface area contributed by atoms with Crippen molar-refractivity contribution in [3.63, 3.8) is 0 Å². The monoisotopic (exact) mass is 328 g/mol. The van der Waals surface area contributed by atoms with E-state index in [9.17, 15) is 8.42 Å². The Kier molecular flexibility index (Phi) is 4.41. The van der Waals surface area contributed by atoms with E-state index < -0.39 is 10.0 Å². The summed E-state index contributed by atoms with van der Waals surface area (Å²) in [5, 5.41) is 3.09. The number of nitrogens with one attached hydrogen (secondary N) is 1. The van der Waals surface area contributed by atoms with Gasteiger partial charge in [0.1, 0.15) is 0 Å². The largest absolute Gasteiger partial charge is 0.315 e. The second-order valence-electron chi connectivity index (χ2n) is 6.18. The Morgan fingerprint density at radius 2 is 2.10 bits per heavy atom. The van der Waals surface area contributed by atoms with Crippen LogP contribution in [0, 0.1) is 12.8 Å². The third-order valence-corrected chi connectivity index (χ3v) is 8.03. The summed E-state index contributed by atoms with van der Waals surface area (Å²) in [6.45, 7) is 3.35. The van der Waals surface area contributed by atoms with E-state index in [1.54, 1.807) is 11.3 Å². The Bertz CT molecular complexity index is 609. The molecule has 0 radical (unpaired) electrons. The third-order valence-electron chi connectivity index (χ3n) is 4.80. The molecule has 0 spiro atoms. The molecule has 1 N–H and O–H groups in total. The van der Waals surface area contributed by atoms with Gasteiger partial charge in [-0.1, -0.05) is 6.42 Å². The van der Waals surface area contributed by atoms with Crippen LogP contribution in [0.3, 0.4) is 0 Å². The van der Waals surface area contributed by atoms with Crippen molar-refractivity contribution in [2.45, 2.75) is 56.5 Å². The van der Waals surface area contributed by atoms with Gasteiger partial charge in [-0.3, -0.25) is 0 Å². The van der Waals surface area contributed by atoms with E-state index in [0.29, 0.717) is 17.4 Å². The minimum atomic E-state index is -3.33. The molecule has 2 aliphatic rings. The fraction of sp³-hybridized carbons (Fsp3) is 0.733. The number of fused-ring (bicyclic) bond motifs is 1. The highest BCUT2D eigenvalue weighted by atomic mass is 32.2. The molecule has 2 heterocycles. The summed E-state index contributed by atoms with van der Waals surface area (Å²) in [6, 6.07) is 2.11. The normalized spacial score (nSPS) is 27.0. The Balaban J connectivity index is 1.92. The molecule has 6 heteroatoms. The Morgan fingerprint density at radius 3 is 2.86 bits per heavy atom. The summed E-state index contributed by atoms with van der Waals surface area (Å²) in [5.74, 6) is 0.587. The number of nitrogens with zero attached hydrogens (tertiary/aromatic N) is 1. The zero-order valence-corrected chi connectivity index (χ0v) is 14.4. The molecule has 2 fully saturated rings. The Morgan fingerprint density at radius 1 is 1.33 bits per heavy atom. The van der Waals surface area contributed by atoms with Crippen molar-refractivity contribution in [2.24, 2.45) is 5.92 Å². The molecule has 1 aromatic rings. The van der Waals surface area contributed by atoms with Crippen molar-refractivity contribution >= 4 is 21.4 Å². The van der Waals surface area contributed by atoms with Crippen LogP contribution in [0.4, 0.5) is 0 Å². The first kappa shape index (κ1) is 15.5. The fourth-order valence-corrected chi connectivity index (χ4v) is 7.25. The number of sulfonamides is 1. The van der Waals surface area contributed by atoms with Gasteiger partial charge < -0.3 is 5.32 Å². The second-order valence-corrected chi connectivity index (χ2v) is 9.38. The van der Waals surface area contributed by atoms with Gasteiger partial charge in [0.2, 0.25) is 10.0 Å². The number of aryl methyl sites for hydroxylation is 1. The van der Waals surface area contributed by atoms with Gasteiger partial charge in [-0.15, -0.1) is 11.3 Å². The zero-order chi connectivity index (χ0) is 15.0. The lowest BCUT2D eigenvalue weighted by atomic mass is 9.94. The maximum absolute atomic E-state index is 13.1. The van der Waals surface area contributed by atoms with Gasteiger partial charge in [-0.25, -0.2) is 8.42 Å². The maximum Gasteiger partial charge on any atom is 0.244 e. The molecule has 1 saturated heterocycles. The van der Waals surface area contributed by atoms with Gasteiger partial charge >= 0.3 is 0 Å². The van der Waals surface area contributed by atoms with Gasteiger partial charge in [0.25, 0.3) is 0 Å². The SMILES string of the molecule is CNCc1cc(S(=O)(=O)N2CCCC3CCCC32)c(C)s1. The highest BCUT2D eigenvalue weighted by Gasteiger charge is 2.41. The number of thiophene rings is 1. The number of rotatable bonds is 4. The van der Waals surface area contributed by atoms with Gasteiger partial charge in [0, 0.05) is 28.9 Å². The van der Waals surface area contributed by atoms with Gasteiger partial charge in [-0.05, 0) is 51.6 Å². The van der Waals surface area contributed by atoms with Crippen molar-refractivity contribution in [1.82, 2.24) is 9.62 Å². The molecule has 0 aromatic carbocycles. The summed E-state index contributed by atoms with van der Waals surface area (Å²) in [4.78, 5) is 2.54. The summed E-state index contributed by atoms with van der Waals surface area (Å²) in [5.41, 5.74) is 0. The number of piperidine rings is 1. The Hall–Kier alpha value is -0.430. The average molecular weight is 329 g/mol. The fourth-order valence-electron chi connectivity index (χ4n) is 3.87. The molecule has 4 nitrogen and oxygen atoms in total. The quantitative estimate of drug-likeness (QED) is 0.924. The maximum atomic E-state index is 13.1. The van der Waals surface area contributed by atoms with E-state index in [4.69, 9.17) is 0 Å². The number of hydrogen-bond acceptors (Lipinski definition) is 4. The first-order chi connectivity index (χ1) is 10.0. The molecule has 21 heavy (non-hydrogen) atoms. The second kappa shape index (κ2) is 5.99. The van der Waals surface area contributed by atoms with Crippen molar-refractivity contribution < 1.29 is 8.42 Å². The van der Waals surface area contributed by atoms with E-state index in [1.165, 1.54) is 19.3 Å². The van der Waals surface area contributed by atoms with E-state index in [-0.39, 0.29) is 6.04 Å². The lowest BCUT2D eigenvalue weighted by Gasteiger charge is -2.36. The summed E-state index contributed by atoms with van der Waals surface area (Å²) >= 11 is 1.59. The van der Waals surface area contributed by atoms with E-state index in [0.717, 1.165) is 29.1 Å². The van der Waals surface area contributed by atoms with Crippen LogP contribution in [-0.2, 0) is 16.6 Å². The van der Waals surface area contributed by atoms with E-state index in [2.05, 4.69) is 5.32 Å². The molecule has 2 atom stereocenters. The first-order valence-corrected chi connectivity index (χ1v) is 10.1. The van der Waals surface area contributed by atoms with Crippen LogP contribution in [0.25, 0.3) is 0 Å². The molecule has 3 rings (SSSR count). The van der Waals surface area contributed by atoms with Crippen molar-refractivity contribution in [2.75, 3.05) is 13.6 Å². The molecular weight excluding hydrogens is 304 g/mol. The van der Waals surface area contributed by atoms with E-state index >= 15 is 0 Å². The van der Waals surface area contributed by atoms with Crippen LogP contribution < -0.4 is 5.32 Å². The standard InChI is InChI=1S/C15H24N2O2S2/c1-11-15(9-13(20-11)10-16-2)21(18,19)17-8-4-6-12-5-3-7-14(12)17/h9,12,14,16H,3-8,10H2,1-2H3. The average Bonchev–Trinajstić information content (AvgIpc) is 3.05. The first-order valence-electron chi connectivity index (χ1n) is 7.80. The number of hydrogen-bond donors (Lipinski definition) is 1. The predicted octanol–water partition coefficient (Wildman–Crippen LogP) is 2.73. The van der Waals surface area contributed by atoms with Crippen LogP contribution in [0.15, 0.2) is 11.0 Å². The zero-order valence-electron chi connectivity index (χ0n) is 12.8. The van der Waals surface area contributed by atoms with Crippen molar-refractivity contribution in [3.8, 4) is 0 Å². The molecule has 0 bridgehead atoms. The van der Waals surface area contributed by atoms with Crippen molar-refractivity contribution in [1.29, 1.82) is 0 Å². The lowest BCUT2D eigenvalue weighted by molar-refractivity contribution is 0.202. The van der Waals surface area contributed by atoms with Crippen LogP contribution >= 0.6 is 11.3 Å².